The fourth-order valence-corrected chi connectivity index (χ4v) is 2.26. The first kappa shape index (κ1) is 11.4. The van der Waals surface area contributed by atoms with Gasteiger partial charge >= 0.3 is 0 Å². The molecular formula is C12H19NS. The summed E-state index contributed by atoms with van der Waals surface area (Å²) >= 11 is 1.54. The predicted molar refractivity (Wildman–Crippen MR) is 64.7 cm³/mol. The van der Waals surface area contributed by atoms with Gasteiger partial charge in [0.25, 0.3) is 0 Å². The van der Waals surface area contributed by atoms with Gasteiger partial charge in [-0.2, -0.15) is 4.37 Å². The number of unbranched alkanes of at least 4 members (excludes halogenated alkanes) is 4. The summed E-state index contributed by atoms with van der Waals surface area (Å²) in [4.78, 5) is 0. The minimum absolute atomic E-state index is 1.09. The van der Waals surface area contributed by atoms with Gasteiger partial charge in [-0.3, -0.25) is 0 Å². The summed E-state index contributed by atoms with van der Waals surface area (Å²) in [5.74, 6) is 0. The van der Waals surface area contributed by atoms with E-state index in [9.17, 15) is 0 Å². The van der Waals surface area contributed by atoms with Gasteiger partial charge in [-0.25, -0.2) is 0 Å². The molecule has 0 spiro atoms. The van der Waals surface area contributed by atoms with Gasteiger partial charge < -0.3 is 0 Å². The van der Waals surface area contributed by atoms with E-state index in [0.29, 0.717) is 0 Å². The molecule has 78 valence electrons. The van der Waals surface area contributed by atoms with Crippen LogP contribution in [0.25, 0.3) is 6.08 Å². The van der Waals surface area contributed by atoms with Crippen molar-refractivity contribution in [2.24, 2.45) is 0 Å². The van der Waals surface area contributed by atoms with Crippen molar-refractivity contribution in [1.29, 1.82) is 0 Å². The molecule has 1 nitrogen and oxygen atoms in total. The van der Waals surface area contributed by atoms with Crippen molar-refractivity contribution in [2.45, 2.75) is 45.4 Å². The van der Waals surface area contributed by atoms with Crippen molar-refractivity contribution >= 4 is 17.6 Å². The van der Waals surface area contributed by atoms with Crippen LogP contribution in [0.4, 0.5) is 0 Å². The Morgan fingerprint density at radius 1 is 1.36 bits per heavy atom. The lowest BCUT2D eigenvalue weighted by atomic mass is 10.1. The van der Waals surface area contributed by atoms with Crippen LogP contribution < -0.4 is 0 Å². The first-order valence-corrected chi connectivity index (χ1v) is 6.27. The Kier molecular flexibility index (Phi) is 5.53. The smallest absolute Gasteiger partial charge is 0.0794 e. The second kappa shape index (κ2) is 6.77. The lowest BCUT2D eigenvalue weighted by Crippen LogP contribution is -1.86. The molecule has 0 unspecified atom stereocenters. The fraction of sp³-hybridized carbons (Fsp3) is 0.583. The largest absolute Gasteiger partial charge is 0.193 e. The van der Waals surface area contributed by atoms with Crippen LogP contribution in [0.3, 0.4) is 0 Å². The Hall–Kier alpha value is -0.630. The molecule has 0 saturated heterocycles. The molecule has 0 atom stereocenters. The second-order valence-corrected chi connectivity index (χ2v) is 4.22. The SMILES string of the molecule is C=Cc1nscc1CCCCCCC. The van der Waals surface area contributed by atoms with E-state index in [0.717, 1.165) is 5.69 Å². The molecule has 0 bridgehead atoms. The number of hydrogen-bond donors (Lipinski definition) is 0. The van der Waals surface area contributed by atoms with Crippen LogP contribution in [0.15, 0.2) is 12.0 Å². The minimum Gasteiger partial charge on any atom is -0.193 e. The Labute approximate surface area is 91.0 Å². The van der Waals surface area contributed by atoms with E-state index < -0.39 is 0 Å². The molecule has 1 aromatic heterocycles. The lowest BCUT2D eigenvalue weighted by molar-refractivity contribution is 0.632. The molecule has 0 aliphatic rings. The molecule has 1 heterocycles. The highest BCUT2D eigenvalue weighted by Crippen LogP contribution is 2.15. The normalized spacial score (nSPS) is 10.4. The van der Waals surface area contributed by atoms with Crippen LogP contribution in [0.5, 0.6) is 0 Å². The summed E-state index contributed by atoms with van der Waals surface area (Å²) in [6.07, 6.45) is 9.73. The van der Waals surface area contributed by atoms with Crippen LogP contribution in [-0.4, -0.2) is 4.37 Å². The Balaban J connectivity index is 2.21. The third-order valence-electron chi connectivity index (χ3n) is 2.42. The molecule has 1 rings (SSSR count). The third-order valence-corrected chi connectivity index (χ3v) is 3.11. The summed E-state index contributed by atoms with van der Waals surface area (Å²) in [6, 6.07) is 0. The minimum atomic E-state index is 1.09. The molecule has 14 heavy (non-hydrogen) atoms. The van der Waals surface area contributed by atoms with Crippen LogP contribution in [0, 0.1) is 0 Å². The van der Waals surface area contributed by atoms with Crippen molar-refractivity contribution < 1.29 is 0 Å². The van der Waals surface area contributed by atoms with Crippen LogP contribution in [0.2, 0.25) is 0 Å². The molecule has 2 heteroatoms. The molecule has 0 saturated carbocycles. The molecular weight excluding hydrogens is 190 g/mol. The van der Waals surface area contributed by atoms with E-state index in [-0.39, 0.29) is 0 Å². The first-order chi connectivity index (χ1) is 6.88. The maximum absolute atomic E-state index is 4.27. The molecule has 0 amide bonds. The lowest BCUT2D eigenvalue weighted by Gasteiger charge is -1.99. The van der Waals surface area contributed by atoms with Gasteiger partial charge in [0.15, 0.2) is 0 Å². The van der Waals surface area contributed by atoms with Crippen LogP contribution >= 0.6 is 11.5 Å². The van der Waals surface area contributed by atoms with E-state index >= 15 is 0 Å². The number of hydrogen-bond acceptors (Lipinski definition) is 2. The highest BCUT2D eigenvalue weighted by molar-refractivity contribution is 7.03. The maximum Gasteiger partial charge on any atom is 0.0794 e. The first-order valence-electron chi connectivity index (χ1n) is 5.44. The van der Waals surface area contributed by atoms with Crippen molar-refractivity contribution in [1.82, 2.24) is 4.37 Å². The van der Waals surface area contributed by atoms with Gasteiger partial charge in [-0.15, -0.1) is 0 Å². The Bertz CT molecular complexity index is 265. The molecule has 0 N–H and O–H groups in total. The van der Waals surface area contributed by atoms with Gasteiger partial charge in [-0.1, -0.05) is 39.2 Å². The summed E-state index contributed by atoms with van der Waals surface area (Å²) in [5, 5.41) is 2.15. The third kappa shape index (κ3) is 3.62. The number of rotatable bonds is 7. The Morgan fingerprint density at radius 2 is 2.14 bits per heavy atom. The summed E-state index contributed by atoms with van der Waals surface area (Å²) in [5.41, 5.74) is 2.46. The molecule has 0 aromatic carbocycles. The zero-order valence-electron chi connectivity index (χ0n) is 8.96. The van der Waals surface area contributed by atoms with E-state index in [1.807, 2.05) is 6.08 Å². The summed E-state index contributed by atoms with van der Waals surface area (Å²) < 4.78 is 4.27. The fourth-order valence-electron chi connectivity index (χ4n) is 1.54. The summed E-state index contributed by atoms with van der Waals surface area (Å²) in [7, 11) is 0. The van der Waals surface area contributed by atoms with Crippen molar-refractivity contribution in [3.63, 3.8) is 0 Å². The van der Waals surface area contributed by atoms with Crippen LogP contribution in [-0.2, 0) is 6.42 Å². The molecule has 0 aliphatic carbocycles. The average Bonchev–Trinajstić information content (AvgIpc) is 2.65. The van der Waals surface area contributed by atoms with E-state index in [1.165, 1.54) is 55.6 Å². The predicted octanol–water partition coefficient (Wildman–Crippen LogP) is 4.30. The molecule has 0 radical (unpaired) electrons. The summed E-state index contributed by atoms with van der Waals surface area (Å²) in [6.45, 7) is 6.01. The van der Waals surface area contributed by atoms with E-state index in [1.54, 1.807) is 0 Å². The van der Waals surface area contributed by atoms with Gasteiger partial charge in [0.1, 0.15) is 0 Å². The van der Waals surface area contributed by atoms with Crippen molar-refractivity contribution in [2.75, 3.05) is 0 Å². The standard InChI is InChI=1S/C12H19NS/c1-3-5-6-7-8-9-11-10-14-13-12(11)4-2/h4,10H,2-3,5-9H2,1H3. The molecule has 0 fully saturated rings. The topological polar surface area (TPSA) is 12.9 Å². The van der Waals surface area contributed by atoms with Crippen molar-refractivity contribution in [3.8, 4) is 0 Å². The monoisotopic (exact) mass is 209 g/mol. The van der Waals surface area contributed by atoms with Gasteiger partial charge in [0, 0.05) is 5.38 Å². The second-order valence-electron chi connectivity index (χ2n) is 3.59. The van der Waals surface area contributed by atoms with Gasteiger partial charge in [0.05, 0.1) is 5.69 Å². The molecule has 1 aromatic rings. The maximum atomic E-state index is 4.27. The highest BCUT2D eigenvalue weighted by Gasteiger charge is 2.01. The van der Waals surface area contributed by atoms with Crippen molar-refractivity contribution in [3.05, 3.63) is 23.2 Å². The van der Waals surface area contributed by atoms with Crippen LogP contribution in [0.1, 0.15) is 50.3 Å². The molecule has 0 aliphatic heterocycles. The van der Waals surface area contributed by atoms with E-state index in [2.05, 4.69) is 23.3 Å². The highest BCUT2D eigenvalue weighted by atomic mass is 32.1. The van der Waals surface area contributed by atoms with E-state index in [4.69, 9.17) is 0 Å². The number of aryl methyl sites for hydroxylation is 1. The van der Waals surface area contributed by atoms with Gasteiger partial charge in [0.2, 0.25) is 0 Å². The van der Waals surface area contributed by atoms with Gasteiger partial charge in [-0.05, 0) is 36.0 Å². The average molecular weight is 209 g/mol. The zero-order chi connectivity index (χ0) is 10.2. The quantitative estimate of drug-likeness (QED) is 0.610. The number of nitrogens with zero attached hydrogens (tertiary/aromatic N) is 1. The number of aromatic nitrogens is 1. The Morgan fingerprint density at radius 3 is 2.86 bits per heavy atom. The zero-order valence-corrected chi connectivity index (χ0v) is 9.78.